The van der Waals surface area contributed by atoms with Crippen molar-refractivity contribution < 1.29 is 14.6 Å². The number of nitro benzene ring substituents is 2. The normalized spacial score (nSPS) is 13.9. The molecule has 31 heavy (non-hydrogen) atoms. The summed E-state index contributed by atoms with van der Waals surface area (Å²) >= 11 is 0. The Morgan fingerprint density at radius 3 is 2.06 bits per heavy atom. The second-order valence-corrected chi connectivity index (χ2v) is 7.25. The first-order valence-electron chi connectivity index (χ1n) is 9.58. The van der Waals surface area contributed by atoms with Crippen LogP contribution in [0.3, 0.4) is 0 Å². The zero-order valence-electron chi connectivity index (χ0n) is 16.2. The van der Waals surface area contributed by atoms with Crippen LogP contribution in [0.15, 0.2) is 35.1 Å². The molecule has 0 radical (unpaired) electrons. The molecule has 0 spiro atoms. The number of carbonyl (C=O) groups is 1. The number of amides is 1. The smallest absolute Gasteiger partial charge is 0.323 e. The number of hydrogen-bond donors (Lipinski definition) is 3. The van der Waals surface area contributed by atoms with Gasteiger partial charge in [0.1, 0.15) is 0 Å². The fourth-order valence-corrected chi connectivity index (χ4v) is 3.70. The summed E-state index contributed by atoms with van der Waals surface area (Å²) in [5.74, 6) is -0.734. The van der Waals surface area contributed by atoms with Gasteiger partial charge in [-0.2, -0.15) is 0 Å². The van der Waals surface area contributed by atoms with E-state index in [0.29, 0.717) is 22.4 Å². The number of carbonyl (C=O) groups excluding carboxylic acids is 1. The van der Waals surface area contributed by atoms with E-state index in [0.717, 1.165) is 50.6 Å². The van der Waals surface area contributed by atoms with Crippen LogP contribution in [0.5, 0.6) is 0 Å². The number of aromatic amines is 2. The molecule has 0 saturated carbocycles. The van der Waals surface area contributed by atoms with Gasteiger partial charge < -0.3 is 20.2 Å². The van der Waals surface area contributed by atoms with Crippen molar-refractivity contribution in [1.82, 2.24) is 9.97 Å². The van der Waals surface area contributed by atoms with Crippen LogP contribution in [0.1, 0.15) is 29.6 Å². The first-order valence-corrected chi connectivity index (χ1v) is 9.58. The Kier molecular flexibility index (Phi) is 5.11. The van der Waals surface area contributed by atoms with Crippen molar-refractivity contribution in [2.45, 2.75) is 19.3 Å². The van der Waals surface area contributed by atoms with E-state index in [9.17, 15) is 29.8 Å². The molecular formula is C19H18N6O6. The summed E-state index contributed by atoms with van der Waals surface area (Å²) in [5, 5.41) is 24.9. The van der Waals surface area contributed by atoms with Gasteiger partial charge in [0.2, 0.25) is 0 Å². The summed E-state index contributed by atoms with van der Waals surface area (Å²) in [4.78, 5) is 52.7. The Morgan fingerprint density at radius 1 is 0.903 bits per heavy atom. The van der Waals surface area contributed by atoms with Crippen LogP contribution < -0.4 is 15.9 Å². The minimum absolute atomic E-state index is 0.215. The molecule has 3 aromatic rings. The topological polar surface area (TPSA) is 167 Å². The molecule has 0 aliphatic carbocycles. The summed E-state index contributed by atoms with van der Waals surface area (Å²) in [6.45, 7) is 1.54. The third kappa shape index (κ3) is 4.08. The Hall–Kier alpha value is -4.22. The number of nitrogens with one attached hydrogen (secondary N) is 3. The number of fused-ring (bicyclic) bond motifs is 1. The van der Waals surface area contributed by atoms with Gasteiger partial charge in [0.05, 0.1) is 43.9 Å². The van der Waals surface area contributed by atoms with E-state index in [2.05, 4.69) is 20.2 Å². The van der Waals surface area contributed by atoms with Crippen molar-refractivity contribution >= 4 is 39.7 Å². The lowest BCUT2D eigenvalue weighted by molar-refractivity contribution is -0.394. The zero-order valence-corrected chi connectivity index (χ0v) is 16.2. The number of anilines is 2. The van der Waals surface area contributed by atoms with Crippen molar-refractivity contribution in [3.05, 3.63) is 66.6 Å². The highest BCUT2D eigenvalue weighted by Gasteiger charge is 2.22. The van der Waals surface area contributed by atoms with Gasteiger partial charge in [-0.1, -0.05) is 0 Å². The summed E-state index contributed by atoms with van der Waals surface area (Å²) in [6.07, 6.45) is 3.05. The lowest BCUT2D eigenvalue weighted by Crippen LogP contribution is -2.30. The highest BCUT2D eigenvalue weighted by molar-refractivity contribution is 6.08. The number of nitrogens with zero attached hydrogens (tertiary/aromatic N) is 3. The van der Waals surface area contributed by atoms with Crippen molar-refractivity contribution in [1.29, 1.82) is 0 Å². The molecule has 160 valence electrons. The van der Waals surface area contributed by atoms with Gasteiger partial charge in [-0.25, -0.2) is 4.79 Å². The number of benzene rings is 2. The summed E-state index contributed by atoms with van der Waals surface area (Å²) < 4.78 is 0. The quantitative estimate of drug-likeness (QED) is 0.416. The van der Waals surface area contributed by atoms with Gasteiger partial charge in [0.15, 0.2) is 0 Å². The highest BCUT2D eigenvalue weighted by Crippen LogP contribution is 2.32. The molecule has 1 aliphatic rings. The van der Waals surface area contributed by atoms with Crippen molar-refractivity contribution in [2.24, 2.45) is 0 Å². The zero-order chi connectivity index (χ0) is 22.1. The lowest BCUT2D eigenvalue weighted by Gasteiger charge is -2.30. The second kappa shape index (κ2) is 7.89. The first kappa shape index (κ1) is 20.1. The fourth-order valence-electron chi connectivity index (χ4n) is 3.70. The molecule has 2 heterocycles. The standard InChI is InChI=1S/C19H18N6O6/c26-18(11-6-12(24(28)29)8-13(7-11)25(30)31)20-16-9-14-15(22-19(27)21-14)10-17(16)23-4-2-1-3-5-23/h6-10H,1-5H2,(H,20,26)(H2,21,22,27). The van der Waals surface area contributed by atoms with E-state index in [1.165, 1.54) is 0 Å². The molecule has 12 nitrogen and oxygen atoms in total. The lowest BCUT2D eigenvalue weighted by atomic mass is 10.1. The van der Waals surface area contributed by atoms with Gasteiger partial charge in [0, 0.05) is 25.2 Å². The molecule has 1 fully saturated rings. The number of hydrogen-bond acceptors (Lipinski definition) is 7. The number of rotatable bonds is 5. The summed E-state index contributed by atoms with van der Waals surface area (Å²) in [5.41, 5.74) is 0.424. The molecule has 1 saturated heterocycles. The maximum atomic E-state index is 12.9. The summed E-state index contributed by atoms with van der Waals surface area (Å²) in [6, 6.07) is 6.12. The first-order chi connectivity index (χ1) is 14.8. The van der Waals surface area contributed by atoms with Gasteiger partial charge in [-0.05, 0) is 31.4 Å². The molecule has 3 N–H and O–H groups in total. The molecular weight excluding hydrogens is 408 g/mol. The third-order valence-electron chi connectivity index (χ3n) is 5.16. The largest absolute Gasteiger partial charge is 0.370 e. The van der Waals surface area contributed by atoms with Crippen LogP contribution in [-0.2, 0) is 0 Å². The molecule has 12 heteroatoms. The monoisotopic (exact) mass is 426 g/mol. The number of aromatic nitrogens is 2. The number of piperidine rings is 1. The molecule has 1 aliphatic heterocycles. The summed E-state index contributed by atoms with van der Waals surface area (Å²) in [7, 11) is 0. The van der Waals surface area contributed by atoms with E-state index >= 15 is 0 Å². The van der Waals surface area contributed by atoms with Crippen molar-refractivity contribution in [3.63, 3.8) is 0 Å². The van der Waals surface area contributed by atoms with Crippen LogP contribution in [0.4, 0.5) is 22.7 Å². The second-order valence-electron chi connectivity index (χ2n) is 7.25. The Labute approximate surface area is 174 Å². The average molecular weight is 426 g/mol. The Bertz CT molecular complexity index is 1220. The number of nitro groups is 2. The van der Waals surface area contributed by atoms with Crippen molar-refractivity contribution in [2.75, 3.05) is 23.3 Å². The van der Waals surface area contributed by atoms with Crippen LogP contribution in [0.25, 0.3) is 11.0 Å². The molecule has 4 rings (SSSR count). The van der Waals surface area contributed by atoms with Gasteiger partial charge >= 0.3 is 5.69 Å². The van der Waals surface area contributed by atoms with E-state index in [-0.39, 0.29) is 5.56 Å². The maximum absolute atomic E-state index is 12.9. The average Bonchev–Trinajstić information content (AvgIpc) is 3.12. The van der Waals surface area contributed by atoms with Gasteiger partial charge in [-0.15, -0.1) is 0 Å². The predicted octanol–water partition coefficient (Wildman–Crippen LogP) is 2.92. The Morgan fingerprint density at radius 2 is 1.48 bits per heavy atom. The molecule has 0 unspecified atom stereocenters. The van der Waals surface area contributed by atoms with E-state index in [4.69, 9.17) is 0 Å². The number of imidazole rings is 1. The van der Waals surface area contributed by atoms with Crippen molar-refractivity contribution in [3.8, 4) is 0 Å². The van der Waals surface area contributed by atoms with Crippen LogP contribution >= 0.6 is 0 Å². The SMILES string of the molecule is O=C(Nc1cc2[nH]c(=O)[nH]c2cc1N1CCCCC1)c1cc([N+](=O)[O-])cc([N+](=O)[O-])c1. The van der Waals surface area contributed by atoms with Gasteiger partial charge in [0.25, 0.3) is 17.3 Å². The minimum Gasteiger partial charge on any atom is -0.370 e. The van der Waals surface area contributed by atoms with Crippen LogP contribution in [0.2, 0.25) is 0 Å². The van der Waals surface area contributed by atoms with E-state index in [1.807, 2.05) is 0 Å². The fraction of sp³-hybridized carbons (Fsp3) is 0.263. The minimum atomic E-state index is -0.792. The van der Waals surface area contributed by atoms with Gasteiger partial charge in [-0.3, -0.25) is 25.0 Å². The van der Waals surface area contributed by atoms with Crippen LogP contribution in [-0.4, -0.2) is 38.8 Å². The molecule has 1 amide bonds. The van der Waals surface area contributed by atoms with Crippen LogP contribution in [0, 0.1) is 20.2 Å². The molecule has 0 atom stereocenters. The molecule has 1 aromatic heterocycles. The maximum Gasteiger partial charge on any atom is 0.323 e. The predicted molar refractivity (Wildman–Crippen MR) is 113 cm³/mol. The van der Waals surface area contributed by atoms with E-state index in [1.54, 1.807) is 12.1 Å². The van der Waals surface area contributed by atoms with E-state index < -0.39 is 32.8 Å². The number of non-ortho nitro benzene ring substituents is 2. The number of H-pyrrole nitrogens is 2. The Balaban J connectivity index is 1.75. The highest BCUT2D eigenvalue weighted by atomic mass is 16.6. The molecule has 2 aromatic carbocycles. The molecule has 0 bridgehead atoms. The third-order valence-corrected chi connectivity index (χ3v) is 5.16.